The Bertz CT molecular complexity index is 842. The predicted molar refractivity (Wildman–Crippen MR) is 90.2 cm³/mol. The van der Waals surface area contributed by atoms with Crippen molar-refractivity contribution in [1.82, 2.24) is 15.0 Å². The SMILES string of the molecule is COc1ccc(CNc2nc(C)nc3[nH]c(C)cc23)cc1OC. The van der Waals surface area contributed by atoms with Crippen LogP contribution in [0.25, 0.3) is 11.0 Å². The van der Waals surface area contributed by atoms with Crippen LogP contribution in [-0.2, 0) is 6.54 Å². The second kappa shape index (κ2) is 6.16. The Kier molecular flexibility index (Phi) is 4.06. The van der Waals surface area contributed by atoms with Crippen LogP contribution in [-0.4, -0.2) is 29.2 Å². The molecule has 0 unspecified atom stereocenters. The summed E-state index contributed by atoms with van der Waals surface area (Å²) in [6, 6.07) is 7.91. The Morgan fingerprint density at radius 1 is 1.04 bits per heavy atom. The van der Waals surface area contributed by atoms with Gasteiger partial charge in [-0.15, -0.1) is 0 Å². The number of methoxy groups -OCH3 is 2. The first-order valence-corrected chi connectivity index (χ1v) is 7.39. The van der Waals surface area contributed by atoms with Crippen LogP contribution in [0.3, 0.4) is 0 Å². The minimum atomic E-state index is 0.635. The maximum Gasteiger partial charge on any atom is 0.161 e. The fraction of sp³-hybridized carbons (Fsp3) is 0.294. The molecule has 3 aromatic rings. The highest BCUT2D eigenvalue weighted by Gasteiger charge is 2.09. The quantitative estimate of drug-likeness (QED) is 0.757. The Hall–Kier alpha value is -2.76. The number of fused-ring (bicyclic) bond motifs is 1. The van der Waals surface area contributed by atoms with Crippen molar-refractivity contribution in [3.05, 3.63) is 41.3 Å². The van der Waals surface area contributed by atoms with Crippen molar-refractivity contribution in [2.24, 2.45) is 0 Å². The summed E-state index contributed by atoms with van der Waals surface area (Å²) in [6.07, 6.45) is 0. The molecular formula is C17H20N4O2. The summed E-state index contributed by atoms with van der Waals surface area (Å²) >= 11 is 0. The molecule has 2 aromatic heterocycles. The van der Waals surface area contributed by atoms with E-state index >= 15 is 0 Å². The van der Waals surface area contributed by atoms with Crippen molar-refractivity contribution >= 4 is 16.9 Å². The molecule has 0 amide bonds. The minimum absolute atomic E-state index is 0.635. The van der Waals surface area contributed by atoms with E-state index in [9.17, 15) is 0 Å². The zero-order valence-electron chi connectivity index (χ0n) is 13.7. The minimum Gasteiger partial charge on any atom is -0.493 e. The number of hydrogen-bond donors (Lipinski definition) is 2. The van der Waals surface area contributed by atoms with Crippen molar-refractivity contribution < 1.29 is 9.47 Å². The molecule has 3 rings (SSSR count). The smallest absolute Gasteiger partial charge is 0.161 e. The molecule has 2 N–H and O–H groups in total. The molecule has 6 nitrogen and oxygen atoms in total. The highest BCUT2D eigenvalue weighted by molar-refractivity contribution is 5.87. The third kappa shape index (κ3) is 3.06. The number of rotatable bonds is 5. The molecule has 0 fully saturated rings. The fourth-order valence-electron chi connectivity index (χ4n) is 2.56. The Labute approximate surface area is 134 Å². The number of anilines is 1. The second-order valence-electron chi connectivity index (χ2n) is 5.38. The van der Waals surface area contributed by atoms with Gasteiger partial charge in [0, 0.05) is 12.2 Å². The van der Waals surface area contributed by atoms with Gasteiger partial charge in [-0.1, -0.05) is 6.07 Å². The summed E-state index contributed by atoms with van der Waals surface area (Å²) < 4.78 is 10.6. The molecule has 0 radical (unpaired) electrons. The van der Waals surface area contributed by atoms with E-state index in [-0.39, 0.29) is 0 Å². The van der Waals surface area contributed by atoms with Crippen molar-refractivity contribution in [3.63, 3.8) is 0 Å². The van der Waals surface area contributed by atoms with Crippen molar-refractivity contribution in [3.8, 4) is 11.5 Å². The summed E-state index contributed by atoms with van der Waals surface area (Å²) in [4.78, 5) is 12.2. The number of benzene rings is 1. The Morgan fingerprint density at radius 3 is 2.57 bits per heavy atom. The fourth-order valence-corrected chi connectivity index (χ4v) is 2.56. The standard InChI is InChI=1S/C17H20N4O2/c1-10-7-13-16(20-11(2)21-17(13)19-10)18-9-12-5-6-14(22-3)15(8-12)23-4/h5-8H,9H2,1-4H3,(H2,18,19,20,21). The van der Waals surface area contributed by atoms with Gasteiger partial charge in [-0.3, -0.25) is 0 Å². The van der Waals surface area contributed by atoms with E-state index in [0.717, 1.165) is 39.7 Å². The number of hydrogen-bond acceptors (Lipinski definition) is 5. The van der Waals surface area contributed by atoms with Gasteiger partial charge in [-0.25, -0.2) is 9.97 Å². The number of aromatic nitrogens is 3. The molecule has 0 saturated carbocycles. The van der Waals surface area contributed by atoms with Gasteiger partial charge >= 0.3 is 0 Å². The molecule has 0 aliphatic heterocycles. The number of ether oxygens (including phenoxy) is 2. The molecular weight excluding hydrogens is 292 g/mol. The van der Waals surface area contributed by atoms with Gasteiger partial charge < -0.3 is 19.8 Å². The third-order valence-electron chi connectivity index (χ3n) is 3.64. The van der Waals surface area contributed by atoms with E-state index in [1.807, 2.05) is 38.1 Å². The zero-order valence-corrected chi connectivity index (χ0v) is 13.7. The molecule has 120 valence electrons. The molecule has 0 bridgehead atoms. The highest BCUT2D eigenvalue weighted by atomic mass is 16.5. The van der Waals surface area contributed by atoms with E-state index in [1.54, 1.807) is 14.2 Å². The first-order valence-electron chi connectivity index (χ1n) is 7.39. The van der Waals surface area contributed by atoms with Gasteiger partial charge in [0.25, 0.3) is 0 Å². The first kappa shape index (κ1) is 15.1. The first-order chi connectivity index (χ1) is 11.1. The highest BCUT2D eigenvalue weighted by Crippen LogP contribution is 2.28. The second-order valence-corrected chi connectivity index (χ2v) is 5.38. The molecule has 0 spiro atoms. The number of nitrogens with one attached hydrogen (secondary N) is 2. The number of aryl methyl sites for hydroxylation is 2. The van der Waals surface area contributed by atoms with Gasteiger partial charge in [-0.05, 0) is 37.6 Å². The summed E-state index contributed by atoms with van der Waals surface area (Å²) in [5.41, 5.74) is 3.00. The zero-order chi connectivity index (χ0) is 16.4. The van der Waals surface area contributed by atoms with Crippen molar-refractivity contribution in [2.75, 3.05) is 19.5 Å². The third-order valence-corrected chi connectivity index (χ3v) is 3.64. The van der Waals surface area contributed by atoms with Crippen LogP contribution in [0, 0.1) is 13.8 Å². The maximum absolute atomic E-state index is 5.34. The van der Waals surface area contributed by atoms with E-state index in [0.29, 0.717) is 12.3 Å². The summed E-state index contributed by atoms with van der Waals surface area (Å²) in [5.74, 6) is 2.99. The van der Waals surface area contributed by atoms with Crippen molar-refractivity contribution in [1.29, 1.82) is 0 Å². The van der Waals surface area contributed by atoms with Gasteiger partial charge in [0.2, 0.25) is 0 Å². The van der Waals surface area contributed by atoms with Crippen LogP contribution in [0.1, 0.15) is 17.1 Å². The lowest BCUT2D eigenvalue weighted by molar-refractivity contribution is 0.354. The lowest BCUT2D eigenvalue weighted by Gasteiger charge is -2.11. The average Bonchev–Trinajstić information content (AvgIpc) is 2.92. The topological polar surface area (TPSA) is 72.1 Å². The monoisotopic (exact) mass is 312 g/mol. The predicted octanol–water partition coefficient (Wildman–Crippen LogP) is 3.20. The van der Waals surface area contributed by atoms with Crippen LogP contribution >= 0.6 is 0 Å². The molecule has 0 saturated heterocycles. The molecule has 23 heavy (non-hydrogen) atoms. The lowest BCUT2D eigenvalue weighted by Crippen LogP contribution is -2.04. The van der Waals surface area contributed by atoms with Gasteiger partial charge in [-0.2, -0.15) is 0 Å². The largest absolute Gasteiger partial charge is 0.493 e. The Balaban J connectivity index is 1.86. The van der Waals surface area contributed by atoms with E-state index in [4.69, 9.17) is 9.47 Å². The molecule has 6 heteroatoms. The molecule has 0 aliphatic rings. The van der Waals surface area contributed by atoms with E-state index < -0.39 is 0 Å². The van der Waals surface area contributed by atoms with Crippen LogP contribution in [0.15, 0.2) is 24.3 Å². The van der Waals surface area contributed by atoms with Gasteiger partial charge in [0.05, 0.1) is 19.6 Å². The average molecular weight is 312 g/mol. The number of aromatic amines is 1. The number of H-pyrrole nitrogens is 1. The number of nitrogens with zero attached hydrogens (tertiary/aromatic N) is 2. The van der Waals surface area contributed by atoms with Crippen LogP contribution < -0.4 is 14.8 Å². The maximum atomic E-state index is 5.34. The lowest BCUT2D eigenvalue weighted by atomic mass is 10.2. The van der Waals surface area contributed by atoms with Gasteiger partial charge in [0.15, 0.2) is 11.5 Å². The normalized spacial score (nSPS) is 10.8. The van der Waals surface area contributed by atoms with Crippen LogP contribution in [0.5, 0.6) is 11.5 Å². The Morgan fingerprint density at radius 2 is 1.83 bits per heavy atom. The summed E-state index contributed by atoms with van der Waals surface area (Å²) in [7, 11) is 3.26. The van der Waals surface area contributed by atoms with Crippen LogP contribution in [0.4, 0.5) is 5.82 Å². The molecule has 1 aromatic carbocycles. The molecule has 2 heterocycles. The molecule has 0 aliphatic carbocycles. The van der Waals surface area contributed by atoms with Gasteiger partial charge in [0.1, 0.15) is 17.3 Å². The molecule has 0 atom stereocenters. The van der Waals surface area contributed by atoms with E-state index in [1.165, 1.54) is 0 Å². The summed E-state index contributed by atoms with van der Waals surface area (Å²) in [5, 5.41) is 4.37. The summed E-state index contributed by atoms with van der Waals surface area (Å²) in [6.45, 7) is 4.53. The van der Waals surface area contributed by atoms with Crippen molar-refractivity contribution in [2.45, 2.75) is 20.4 Å². The van der Waals surface area contributed by atoms with E-state index in [2.05, 4.69) is 20.3 Å². The van der Waals surface area contributed by atoms with Crippen LogP contribution in [0.2, 0.25) is 0 Å².